The van der Waals surface area contributed by atoms with Gasteiger partial charge in [-0.25, -0.2) is 0 Å². The fourth-order valence-electron chi connectivity index (χ4n) is 4.11. The molecule has 0 saturated carbocycles. The van der Waals surface area contributed by atoms with Crippen molar-refractivity contribution in [2.24, 2.45) is 0 Å². The summed E-state index contributed by atoms with van der Waals surface area (Å²) in [4.78, 5) is 34.6. The van der Waals surface area contributed by atoms with Crippen LogP contribution in [0.25, 0.3) is 0 Å². The number of carbonyl (C=O) groups excluding carboxylic acids is 3. The normalized spacial score (nSPS) is 11.3. The van der Waals surface area contributed by atoms with Crippen LogP contribution in [0.2, 0.25) is 0 Å². The van der Waals surface area contributed by atoms with Gasteiger partial charge in [-0.2, -0.15) is 0 Å². The number of ether oxygens (including phenoxy) is 13. The van der Waals surface area contributed by atoms with E-state index in [2.05, 4.69) is 16.0 Å². The molecule has 0 aromatic carbocycles. The van der Waals surface area contributed by atoms with E-state index in [1.165, 1.54) is 0 Å². The molecule has 338 valence electrons. The molecular weight excluding hydrogens is 754 g/mol. The summed E-state index contributed by atoms with van der Waals surface area (Å²) in [5.41, 5.74) is 0. The van der Waals surface area contributed by atoms with Crippen molar-refractivity contribution in [1.29, 1.82) is 0 Å². The van der Waals surface area contributed by atoms with E-state index in [0.29, 0.717) is 204 Å². The Morgan fingerprint density at radius 2 is 0.491 bits per heavy atom. The molecule has 0 unspecified atom stereocenters. The molecule has 0 radical (unpaired) electrons. The summed E-state index contributed by atoms with van der Waals surface area (Å²) in [5, 5.41) is 8.31. The van der Waals surface area contributed by atoms with Gasteiger partial charge in [0.25, 0.3) is 0 Å². The lowest BCUT2D eigenvalue weighted by molar-refractivity contribution is -0.123. The minimum Gasteiger partial charge on any atom is -0.379 e. The fourth-order valence-corrected chi connectivity index (χ4v) is 4.11. The van der Waals surface area contributed by atoms with E-state index in [9.17, 15) is 14.4 Å². The van der Waals surface area contributed by atoms with Gasteiger partial charge in [0.2, 0.25) is 17.7 Å². The predicted molar refractivity (Wildman–Crippen MR) is 209 cm³/mol. The van der Waals surface area contributed by atoms with Crippen LogP contribution in [-0.2, 0) is 76.0 Å². The van der Waals surface area contributed by atoms with Crippen LogP contribution < -0.4 is 16.0 Å². The van der Waals surface area contributed by atoms with E-state index in [1.54, 1.807) is 0 Å². The highest BCUT2D eigenvalue weighted by Gasteiger charge is 2.03. The topological polar surface area (TPSA) is 207 Å². The molecule has 0 fully saturated rings. The Hall–Kier alpha value is -2.11. The third-order valence-corrected chi connectivity index (χ3v) is 7.03. The van der Waals surface area contributed by atoms with Gasteiger partial charge in [-0.3, -0.25) is 14.4 Å². The van der Waals surface area contributed by atoms with Crippen molar-refractivity contribution >= 4 is 17.7 Å². The molecule has 0 aliphatic carbocycles. The minimum absolute atomic E-state index is 0.00659. The smallest absolute Gasteiger partial charge is 0.222 e. The highest BCUT2D eigenvalue weighted by atomic mass is 16.6. The van der Waals surface area contributed by atoms with Crippen LogP contribution >= 0.6 is 0 Å². The van der Waals surface area contributed by atoms with Gasteiger partial charge in [-0.1, -0.05) is 6.92 Å². The van der Waals surface area contributed by atoms with Gasteiger partial charge in [0.05, 0.1) is 172 Å². The van der Waals surface area contributed by atoms with E-state index in [4.69, 9.17) is 61.6 Å². The molecule has 0 atom stereocenters. The van der Waals surface area contributed by atoms with Gasteiger partial charge in [0, 0.05) is 38.9 Å². The number of amides is 3. The first-order valence-corrected chi connectivity index (χ1v) is 20.4. The van der Waals surface area contributed by atoms with E-state index >= 15 is 0 Å². The average molecular weight is 830 g/mol. The predicted octanol–water partition coefficient (Wildman–Crippen LogP) is 0.151. The zero-order valence-corrected chi connectivity index (χ0v) is 34.9. The SMILES string of the molecule is CCCNC(=O)CCOCCOCCOCCOCCOCCOCCNC(=O)CCOCCOCCOCCOCCOCCOCCOCCC(=O)NCC. The van der Waals surface area contributed by atoms with Gasteiger partial charge in [-0.05, 0) is 13.3 Å². The first-order valence-electron chi connectivity index (χ1n) is 20.4. The van der Waals surface area contributed by atoms with Crippen LogP contribution in [-0.4, -0.2) is 209 Å². The summed E-state index contributed by atoms with van der Waals surface area (Å²) in [7, 11) is 0. The molecule has 0 aromatic heterocycles. The van der Waals surface area contributed by atoms with Crippen LogP contribution in [0.4, 0.5) is 0 Å². The molecule has 0 bridgehead atoms. The van der Waals surface area contributed by atoms with E-state index < -0.39 is 0 Å². The van der Waals surface area contributed by atoms with E-state index in [-0.39, 0.29) is 24.1 Å². The lowest BCUT2D eigenvalue weighted by Gasteiger charge is -2.09. The van der Waals surface area contributed by atoms with Gasteiger partial charge in [0.1, 0.15) is 0 Å². The molecule has 0 aliphatic rings. The Morgan fingerprint density at radius 3 is 0.737 bits per heavy atom. The molecule has 3 amide bonds. The number of nitrogens with one attached hydrogen (secondary N) is 3. The van der Waals surface area contributed by atoms with Crippen LogP contribution in [0, 0.1) is 0 Å². The Balaban J connectivity index is 3.18. The van der Waals surface area contributed by atoms with Crippen molar-refractivity contribution in [3.63, 3.8) is 0 Å². The highest BCUT2D eigenvalue weighted by molar-refractivity contribution is 5.76. The second kappa shape index (κ2) is 48.3. The quantitative estimate of drug-likeness (QED) is 0.0698. The Bertz CT molecular complexity index is 865. The molecule has 19 nitrogen and oxygen atoms in total. The van der Waals surface area contributed by atoms with Gasteiger partial charge < -0.3 is 77.5 Å². The third-order valence-electron chi connectivity index (χ3n) is 7.03. The summed E-state index contributed by atoms with van der Waals surface area (Å²) in [6.07, 6.45) is 1.90. The van der Waals surface area contributed by atoms with E-state index in [1.807, 2.05) is 13.8 Å². The molecule has 0 saturated heterocycles. The zero-order chi connectivity index (χ0) is 41.4. The molecule has 0 rings (SSSR count). The van der Waals surface area contributed by atoms with Gasteiger partial charge >= 0.3 is 0 Å². The number of hydrogen-bond donors (Lipinski definition) is 3. The van der Waals surface area contributed by atoms with Gasteiger partial charge in [0.15, 0.2) is 0 Å². The lowest BCUT2D eigenvalue weighted by atomic mass is 10.4. The van der Waals surface area contributed by atoms with Crippen molar-refractivity contribution < 1.29 is 76.0 Å². The maximum absolute atomic E-state index is 11.9. The Labute approximate surface area is 340 Å². The zero-order valence-electron chi connectivity index (χ0n) is 34.9. The van der Waals surface area contributed by atoms with Crippen molar-refractivity contribution in [2.45, 2.75) is 39.5 Å². The molecule has 57 heavy (non-hydrogen) atoms. The second-order valence-corrected chi connectivity index (χ2v) is 11.9. The largest absolute Gasteiger partial charge is 0.379 e. The van der Waals surface area contributed by atoms with Crippen LogP contribution in [0.5, 0.6) is 0 Å². The maximum atomic E-state index is 11.9. The Kier molecular flexibility index (Phi) is 46.5. The summed E-state index contributed by atoms with van der Waals surface area (Å²) in [5.74, 6) is -0.105. The summed E-state index contributed by atoms with van der Waals surface area (Å²) < 4.78 is 70.7. The standard InChI is InChI=1S/C38H75N3O16/c1-3-8-40-37(43)6-11-46-15-19-50-23-27-54-30-33-56-29-25-52-21-17-48-13-9-41-38(44)7-12-47-16-20-51-24-28-55-32-35-57-34-31-53-26-22-49-18-14-45-10-5-36(42)39-4-2/h3-35H2,1-2H3,(H,39,42)(H,40,43)(H,41,44). The Morgan fingerprint density at radius 1 is 0.281 bits per heavy atom. The monoisotopic (exact) mass is 830 g/mol. The minimum atomic E-state index is -0.101. The van der Waals surface area contributed by atoms with Crippen molar-refractivity contribution in [2.75, 3.05) is 191 Å². The third kappa shape index (κ3) is 48.2. The summed E-state index contributed by atoms with van der Waals surface area (Å²) in [6.45, 7) is 17.1. The van der Waals surface area contributed by atoms with E-state index in [0.717, 1.165) is 6.42 Å². The van der Waals surface area contributed by atoms with Gasteiger partial charge in [-0.15, -0.1) is 0 Å². The van der Waals surface area contributed by atoms with Crippen molar-refractivity contribution in [3.8, 4) is 0 Å². The molecule has 19 heteroatoms. The molecule has 0 spiro atoms. The number of rotatable bonds is 48. The lowest BCUT2D eigenvalue weighted by Crippen LogP contribution is -2.28. The van der Waals surface area contributed by atoms with Crippen LogP contribution in [0.3, 0.4) is 0 Å². The van der Waals surface area contributed by atoms with Crippen molar-refractivity contribution in [3.05, 3.63) is 0 Å². The fraction of sp³-hybridized carbons (Fsp3) is 0.921. The number of carbonyl (C=O) groups is 3. The molecule has 0 heterocycles. The maximum Gasteiger partial charge on any atom is 0.222 e. The summed E-state index contributed by atoms with van der Waals surface area (Å²) in [6, 6.07) is 0. The van der Waals surface area contributed by atoms with Crippen LogP contribution in [0.1, 0.15) is 39.5 Å². The summed E-state index contributed by atoms with van der Waals surface area (Å²) >= 11 is 0. The molecular formula is C38H75N3O16. The molecule has 0 aromatic rings. The molecule has 3 N–H and O–H groups in total. The van der Waals surface area contributed by atoms with Crippen LogP contribution in [0.15, 0.2) is 0 Å². The second-order valence-electron chi connectivity index (χ2n) is 11.9. The first-order chi connectivity index (χ1) is 28.1. The number of hydrogen-bond acceptors (Lipinski definition) is 16. The highest BCUT2D eigenvalue weighted by Crippen LogP contribution is 1.90. The van der Waals surface area contributed by atoms with Crippen molar-refractivity contribution in [1.82, 2.24) is 16.0 Å². The first kappa shape index (κ1) is 54.9. The average Bonchev–Trinajstić information content (AvgIpc) is 3.20. The molecule has 0 aliphatic heterocycles.